The van der Waals surface area contributed by atoms with E-state index in [0.29, 0.717) is 12.4 Å². The first-order valence-electron chi connectivity index (χ1n) is 4.68. The Morgan fingerprint density at radius 3 is 3.00 bits per heavy atom. The summed E-state index contributed by atoms with van der Waals surface area (Å²) < 4.78 is 6.17. The van der Waals surface area contributed by atoms with Gasteiger partial charge in [-0.1, -0.05) is 5.10 Å². The first kappa shape index (κ1) is 11.5. The molecule has 9 nitrogen and oxygen atoms in total. The summed E-state index contributed by atoms with van der Waals surface area (Å²) in [5.41, 5.74) is 0. The van der Waals surface area contributed by atoms with Crippen LogP contribution in [0.2, 0.25) is 0 Å². The molecule has 0 aromatic carbocycles. The van der Waals surface area contributed by atoms with Crippen LogP contribution in [0.25, 0.3) is 0 Å². The molecule has 0 aliphatic heterocycles. The first-order valence-corrected chi connectivity index (χ1v) is 5.19. The molecule has 0 saturated carbocycles. The molecule has 2 aromatic rings. The molecule has 0 amide bonds. The predicted octanol–water partition coefficient (Wildman–Crippen LogP) is 0.608. The van der Waals surface area contributed by atoms with Crippen LogP contribution < -0.4 is 0 Å². The van der Waals surface area contributed by atoms with E-state index in [1.54, 1.807) is 6.92 Å². The van der Waals surface area contributed by atoms with Crippen molar-refractivity contribution in [2.75, 3.05) is 0 Å². The minimum Gasteiger partial charge on any atom is -0.358 e. The highest BCUT2D eigenvalue weighted by Crippen LogP contribution is 2.28. The fourth-order valence-corrected chi connectivity index (χ4v) is 1.73. The fourth-order valence-electron chi connectivity index (χ4n) is 1.42. The lowest BCUT2D eigenvalue weighted by Gasteiger charge is -2.04. The lowest BCUT2D eigenvalue weighted by molar-refractivity contribution is -0.392. The van der Waals surface area contributed by atoms with E-state index in [2.05, 4.69) is 33.2 Å². The number of nitro groups is 1. The van der Waals surface area contributed by atoms with Crippen molar-refractivity contribution in [3.8, 4) is 0 Å². The molecule has 1 unspecified atom stereocenters. The normalized spacial score (nSPS) is 12.6. The Balaban J connectivity index is 2.42. The summed E-state index contributed by atoms with van der Waals surface area (Å²) in [5, 5.41) is 20.2. The van der Waals surface area contributed by atoms with Crippen LogP contribution in [-0.2, 0) is 6.54 Å². The molecular weight excluding hydrogens is 248 g/mol. The van der Waals surface area contributed by atoms with Gasteiger partial charge in [-0.25, -0.2) is 9.55 Å². The van der Waals surface area contributed by atoms with Gasteiger partial charge in [0.25, 0.3) is 5.89 Å². The fraction of sp³-hybridized carbons (Fsp3) is 0.429. The van der Waals surface area contributed by atoms with Gasteiger partial charge in [-0.15, -0.1) is 0 Å². The molecule has 2 rings (SSSR count). The van der Waals surface area contributed by atoms with Crippen molar-refractivity contribution < 1.29 is 9.45 Å². The van der Waals surface area contributed by atoms with Crippen LogP contribution >= 0.6 is 12.6 Å². The summed E-state index contributed by atoms with van der Waals surface area (Å²) in [7, 11) is 0. The molecule has 1 atom stereocenters. The molecule has 0 fully saturated rings. The van der Waals surface area contributed by atoms with Crippen LogP contribution in [0.1, 0.15) is 23.9 Å². The van der Waals surface area contributed by atoms with E-state index in [9.17, 15) is 10.1 Å². The number of imidazole rings is 1. The minimum absolute atomic E-state index is 0.103. The van der Waals surface area contributed by atoms with Gasteiger partial charge in [0.15, 0.2) is 5.25 Å². The third-order valence-corrected chi connectivity index (χ3v) is 2.61. The topological polar surface area (TPSA) is 113 Å². The van der Waals surface area contributed by atoms with E-state index in [1.807, 2.05) is 0 Å². The Morgan fingerprint density at radius 2 is 2.47 bits per heavy atom. The third kappa shape index (κ3) is 1.98. The number of hydrogen-bond acceptors (Lipinski definition) is 8. The maximum absolute atomic E-state index is 10.8. The zero-order chi connectivity index (χ0) is 12.4. The number of hydrogen-bond donors (Lipinski definition) is 1. The van der Waals surface area contributed by atoms with Crippen LogP contribution in [0.3, 0.4) is 0 Å². The Hall–Kier alpha value is -1.97. The van der Waals surface area contributed by atoms with E-state index in [0.717, 1.165) is 0 Å². The van der Waals surface area contributed by atoms with Gasteiger partial charge < -0.3 is 14.6 Å². The lowest BCUT2D eigenvalue weighted by atomic mass is 10.4. The van der Waals surface area contributed by atoms with E-state index in [1.165, 1.54) is 10.8 Å². The average molecular weight is 256 g/mol. The Kier molecular flexibility index (Phi) is 3.04. The molecule has 17 heavy (non-hydrogen) atoms. The third-order valence-electron chi connectivity index (χ3n) is 2.16. The van der Waals surface area contributed by atoms with Crippen molar-refractivity contribution in [3.63, 3.8) is 0 Å². The van der Waals surface area contributed by atoms with Gasteiger partial charge in [-0.05, 0) is 17.1 Å². The van der Waals surface area contributed by atoms with Gasteiger partial charge in [-0.3, -0.25) is 0 Å². The number of aromatic nitrogens is 5. The average Bonchev–Trinajstić information content (AvgIpc) is 2.96. The Bertz CT molecular complexity index is 524. The van der Waals surface area contributed by atoms with E-state index in [4.69, 9.17) is 4.52 Å². The molecular formula is C7H8N6O3S. The highest BCUT2D eigenvalue weighted by atomic mass is 32.1. The standard InChI is InChI=1S/C7H8N6O3S/c1-2-12-4(13(14)15)3-8-6(12)5(17)7-9-10-11-16-7/h3,5,17H,2H2,1H3. The molecule has 0 aliphatic carbocycles. The van der Waals surface area contributed by atoms with E-state index >= 15 is 0 Å². The monoisotopic (exact) mass is 256 g/mol. The zero-order valence-electron chi connectivity index (χ0n) is 8.72. The quantitative estimate of drug-likeness (QED) is 0.484. The Labute approximate surface area is 100 Å². The van der Waals surface area contributed by atoms with Crippen molar-refractivity contribution in [1.82, 2.24) is 25.1 Å². The van der Waals surface area contributed by atoms with Gasteiger partial charge in [-0.2, -0.15) is 12.6 Å². The predicted molar refractivity (Wildman–Crippen MR) is 57.5 cm³/mol. The molecule has 0 bridgehead atoms. The summed E-state index contributed by atoms with van der Waals surface area (Å²) in [6, 6.07) is 0. The van der Waals surface area contributed by atoms with E-state index < -0.39 is 10.2 Å². The van der Waals surface area contributed by atoms with Crippen molar-refractivity contribution in [2.45, 2.75) is 18.7 Å². The molecule has 0 saturated heterocycles. The second-order valence-electron chi connectivity index (χ2n) is 3.08. The number of rotatable bonds is 4. The summed E-state index contributed by atoms with van der Waals surface area (Å²) in [5.74, 6) is 0.408. The molecule has 0 aliphatic rings. The first-order chi connectivity index (χ1) is 8.15. The highest BCUT2D eigenvalue weighted by Gasteiger charge is 2.28. The van der Waals surface area contributed by atoms with Crippen molar-refractivity contribution in [2.24, 2.45) is 0 Å². The largest absolute Gasteiger partial charge is 0.358 e. The van der Waals surface area contributed by atoms with Crippen LogP contribution in [0.4, 0.5) is 5.82 Å². The Morgan fingerprint density at radius 1 is 1.71 bits per heavy atom. The SMILES string of the molecule is CCn1c([N+](=O)[O-])cnc1C(S)c1nnno1. The van der Waals surface area contributed by atoms with Gasteiger partial charge in [0, 0.05) is 0 Å². The van der Waals surface area contributed by atoms with Crippen LogP contribution in [-0.4, -0.2) is 30.1 Å². The summed E-state index contributed by atoms with van der Waals surface area (Å²) in [6.45, 7) is 2.16. The van der Waals surface area contributed by atoms with Crippen LogP contribution in [0.15, 0.2) is 10.7 Å². The maximum Gasteiger partial charge on any atom is 0.342 e. The summed E-state index contributed by atoms with van der Waals surface area (Å²) in [6.07, 6.45) is 1.17. The zero-order valence-corrected chi connectivity index (χ0v) is 9.61. The van der Waals surface area contributed by atoms with Crippen molar-refractivity contribution in [3.05, 3.63) is 28.0 Å². The second-order valence-corrected chi connectivity index (χ2v) is 3.60. The molecule has 10 heteroatoms. The minimum atomic E-state index is -0.640. The molecule has 90 valence electrons. The van der Waals surface area contributed by atoms with Crippen molar-refractivity contribution in [1.29, 1.82) is 0 Å². The molecule has 2 aromatic heterocycles. The van der Waals surface area contributed by atoms with Crippen LogP contribution in [0.5, 0.6) is 0 Å². The summed E-state index contributed by atoms with van der Waals surface area (Å²) >= 11 is 4.24. The molecule has 0 spiro atoms. The van der Waals surface area contributed by atoms with Gasteiger partial charge in [0.1, 0.15) is 6.20 Å². The van der Waals surface area contributed by atoms with Gasteiger partial charge >= 0.3 is 5.82 Å². The molecule has 0 N–H and O–H groups in total. The van der Waals surface area contributed by atoms with E-state index in [-0.39, 0.29) is 11.7 Å². The lowest BCUT2D eigenvalue weighted by Crippen LogP contribution is -2.08. The van der Waals surface area contributed by atoms with Crippen molar-refractivity contribution >= 4 is 18.4 Å². The smallest absolute Gasteiger partial charge is 0.342 e. The van der Waals surface area contributed by atoms with Gasteiger partial charge in [0.05, 0.1) is 11.8 Å². The summed E-state index contributed by atoms with van der Waals surface area (Å²) in [4.78, 5) is 14.2. The molecule has 0 radical (unpaired) electrons. The molecule has 2 heterocycles. The van der Waals surface area contributed by atoms with Gasteiger partial charge in [0.2, 0.25) is 5.82 Å². The second kappa shape index (κ2) is 4.49. The van der Waals surface area contributed by atoms with Crippen LogP contribution in [0, 0.1) is 10.1 Å². The number of thiol groups is 1. The maximum atomic E-state index is 10.8. The number of nitrogens with zero attached hydrogens (tertiary/aromatic N) is 6. The highest BCUT2D eigenvalue weighted by molar-refractivity contribution is 7.80.